The Labute approximate surface area is 139 Å². The highest BCUT2D eigenvalue weighted by atomic mass is 32.2. The third kappa shape index (κ3) is 3.10. The average Bonchev–Trinajstić information content (AvgIpc) is 2.84. The topological polar surface area (TPSA) is 111 Å². The summed E-state index contributed by atoms with van der Waals surface area (Å²) < 4.78 is 32.0. The minimum atomic E-state index is -3.97. The summed E-state index contributed by atoms with van der Waals surface area (Å²) in [6.07, 6.45) is 0. The molecule has 2 aromatic rings. The Morgan fingerprint density at radius 1 is 1.33 bits per heavy atom. The number of nitrogens with zero attached hydrogens (tertiary/aromatic N) is 3. The van der Waals surface area contributed by atoms with E-state index in [0.717, 1.165) is 8.28 Å². The lowest BCUT2D eigenvalue weighted by Crippen LogP contribution is -2.30. The second kappa shape index (κ2) is 6.57. The Bertz CT molecular complexity index is 901. The van der Waals surface area contributed by atoms with E-state index in [1.165, 1.54) is 39.2 Å². The van der Waals surface area contributed by atoms with Crippen LogP contribution in [0, 0.1) is 0 Å². The van der Waals surface area contributed by atoms with Crippen LogP contribution in [0.15, 0.2) is 18.2 Å². The molecule has 10 heteroatoms. The first kappa shape index (κ1) is 17.9. The molecule has 1 aromatic carbocycles. The van der Waals surface area contributed by atoms with Gasteiger partial charge in [0.05, 0.1) is 17.7 Å². The molecule has 0 aliphatic heterocycles. The van der Waals surface area contributed by atoms with E-state index in [-0.39, 0.29) is 29.2 Å². The Kier molecular flexibility index (Phi) is 4.90. The van der Waals surface area contributed by atoms with Gasteiger partial charge >= 0.3 is 16.2 Å². The van der Waals surface area contributed by atoms with Gasteiger partial charge in [0.2, 0.25) is 11.9 Å². The highest BCUT2D eigenvalue weighted by Crippen LogP contribution is 2.26. The molecule has 1 N–H and O–H groups in total. The van der Waals surface area contributed by atoms with Crippen molar-refractivity contribution < 1.29 is 22.7 Å². The number of ether oxygens (including phenoxy) is 1. The quantitative estimate of drug-likeness (QED) is 0.796. The minimum absolute atomic E-state index is 0.119. The summed E-state index contributed by atoms with van der Waals surface area (Å²) in [6, 6.07) is 4.50. The largest absolute Gasteiger partial charge is 0.462 e. The average molecular weight is 354 g/mol. The van der Waals surface area contributed by atoms with Crippen LogP contribution in [0.3, 0.4) is 0 Å². The van der Waals surface area contributed by atoms with Gasteiger partial charge in [-0.05, 0) is 19.1 Å². The molecule has 130 valence electrons. The number of anilines is 1. The van der Waals surface area contributed by atoms with Gasteiger partial charge in [0.25, 0.3) is 0 Å². The van der Waals surface area contributed by atoms with Gasteiger partial charge in [0, 0.05) is 21.0 Å². The lowest BCUT2D eigenvalue weighted by Gasteiger charge is -2.15. The first-order valence-electron chi connectivity index (χ1n) is 7.09. The van der Waals surface area contributed by atoms with Crippen molar-refractivity contribution >= 4 is 39.1 Å². The van der Waals surface area contributed by atoms with Crippen molar-refractivity contribution in [2.24, 2.45) is 0 Å². The smallest absolute Gasteiger partial charge is 0.340 e. The Morgan fingerprint density at radius 2 is 2.00 bits per heavy atom. The van der Waals surface area contributed by atoms with Gasteiger partial charge in [-0.1, -0.05) is 6.07 Å². The van der Waals surface area contributed by atoms with Gasteiger partial charge in [-0.15, -0.1) is 0 Å². The number of esters is 1. The van der Waals surface area contributed by atoms with Crippen molar-refractivity contribution in [3.63, 3.8) is 0 Å². The predicted molar refractivity (Wildman–Crippen MR) is 88.0 cm³/mol. The van der Waals surface area contributed by atoms with Crippen molar-refractivity contribution in [3.05, 3.63) is 23.8 Å². The van der Waals surface area contributed by atoms with Crippen LogP contribution in [-0.4, -0.2) is 54.3 Å². The number of hydrogen-bond acceptors (Lipinski definition) is 6. The molecule has 0 aliphatic rings. The molecule has 0 unspecified atom stereocenters. The summed E-state index contributed by atoms with van der Waals surface area (Å²) in [5.74, 6) is -1.30. The number of carbonyl (C=O) groups is 2. The molecule has 0 saturated heterocycles. The van der Waals surface area contributed by atoms with Crippen molar-refractivity contribution in [2.45, 2.75) is 13.8 Å². The van der Waals surface area contributed by atoms with Gasteiger partial charge in [0.1, 0.15) is 5.52 Å². The number of imidazole rings is 1. The van der Waals surface area contributed by atoms with Crippen LogP contribution in [-0.2, 0) is 19.7 Å². The van der Waals surface area contributed by atoms with Crippen LogP contribution in [0.5, 0.6) is 0 Å². The molecule has 2 rings (SSSR count). The number of nitrogens with one attached hydrogen (secondary N) is 1. The molecule has 1 heterocycles. The fourth-order valence-corrected chi connectivity index (χ4v) is 3.11. The summed E-state index contributed by atoms with van der Waals surface area (Å²) in [6.45, 7) is 3.07. The number of aromatic nitrogens is 2. The van der Waals surface area contributed by atoms with Crippen LogP contribution in [0.2, 0.25) is 0 Å². The molecule has 0 atom stereocenters. The fourth-order valence-electron chi connectivity index (χ4n) is 2.08. The highest BCUT2D eigenvalue weighted by Gasteiger charge is 2.27. The summed E-state index contributed by atoms with van der Waals surface area (Å²) in [5.41, 5.74) is 0.414. The number of para-hydroxylation sites is 1. The Morgan fingerprint density at radius 3 is 2.54 bits per heavy atom. The lowest BCUT2D eigenvalue weighted by atomic mass is 10.2. The van der Waals surface area contributed by atoms with Crippen molar-refractivity contribution in [2.75, 3.05) is 26.0 Å². The highest BCUT2D eigenvalue weighted by molar-refractivity contribution is 7.87. The number of hydrogen-bond donors (Lipinski definition) is 1. The number of benzene rings is 1. The predicted octanol–water partition coefficient (Wildman–Crippen LogP) is 0.826. The molecule has 0 saturated carbocycles. The zero-order valence-corrected chi connectivity index (χ0v) is 14.5. The van der Waals surface area contributed by atoms with E-state index < -0.39 is 22.1 Å². The molecule has 0 fully saturated rings. The summed E-state index contributed by atoms with van der Waals surface area (Å²) >= 11 is 0. The zero-order valence-electron chi connectivity index (χ0n) is 13.7. The molecule has 24 heavy (non-hydrogen) atoms. The van der Waals surface area contributed by atoms with Gasteiger partial charge in [-0.2, -0.15) is 16.7 Å². The molecular weight excluding hydrogens is 336 g/mol. The third-order valence-corrected chi connectivity index (χ3v) is 4.87. The zero-order chi connectivity index (χ0) is 18.1. The van der Waals surface area contributed by atoms with Crippen LogP contribution in [0.25, 0.3) is 11.0 Å². The summed E-state index contributed by atoms with van der Waals surface area (Å²) in [4.78, 5) is 27.6. The molecule has 1 amide bonds. The van der Waals surface area contributed by atoms with Crippen molar-refractivity contribution in [3.8, 4) is 0 Å². The van der Waals surface area contributed by atoms with E-state index in [9.17, 15) is 18.0 Å². The second-order valence-corrected chi connectivity index (χ2v) is 7.06. The van der Waals surface area contributed by atoms with Crippen LogP contribution in [0.4, 0.5) is 5.95 Å². The number of rotatable bonds is 5. The van der Waals surface area contributed by atoms with E-state index in [0.29, 0.717) is 0 Å². The first-order valence-corrected chi connectivity index (χ1v) is 8.49. The molecule has 0 spiro atoms. The number of fused-ring (bicyclic) bond motifs is 1. The van der Waals surface area contributed by atoms with E-state index in [2.05, 4.69) is 10.3 Å². The van der Waals surface area contributed by atoms with Gasteiger partial charge in [-0.25, -0.2) is 9.78 Å². The van der Waals surface area contributed by atoms with Gasteiger partial charge in [0.15, 0.2) is 0 Å². The Balaban J connectivity index is 2.82. The number of amides is 1. The molecule has 0 radical (unpaired) electrons. The van der Waals surface area contributed by atoms with Crippen LogP contribution in [0.1, 0.15) is 24.2 Å². The van der Waals surface area contributed by atoms with E-state index >= 15 is 0 Å². The summed E-state index contributed by atoms with van der Waals surface area (Å²) in [7, 11) is -1.26. The maximum absolute atomic E-state index is 12.6. The third-order valence-electron chi connectivity index (χ3n) is 3.12. The monoisotopic (exact) mass is 354 g/mol. The normalized spacial score (nSPS) is 11.7. The summed E-state index contributed by atoms with van der Waals surface area (Å²) in [5, 5.41) is 2.38. The first-order chi connectivity index (χ1) is 11.2. The van der Waals surface area contributed by atoms with E-state index in [1.807, 2.05) is 0 Å². The molecule has 0 aliphatic carbocycles. The molecule has 9 nitrogen and oxygen atoms in total. The van der Waals surface area contributed by atoms with Crippen molar-refractivity contribution in [1.29, 1.82) is 0 Å². The SMILES string of the molecule is CCOC(=O)c1cccc2c1nc(NC(C)=O)n2S(=O)(=O)N(C)C. The maximum atomic E-state index is 12.6. The standard InChI is InChI=1S/C14H18N4O5S/c1-5-23-13(20)10-7-6-8-11-12(10)16-14(15-9(2)19)18(11)24(21,22)17(3)4/h6-8H,5H2,1-4H3,(H,15,16,19). The molecule has 1 aromatic heterocycles. The van der Waals surface area contributed by atoms with Gasteiger partial charge in [-0.3, -0.25) is 10.1 Å². The van der Waals surface area contributed by atoms with Crippen LogP contribution < -0.4 is 5.32 Å². The molecule has 0 bridgehead atoms. The molecular formula is C14H18N4O5S. The van der Waals surface area contributed by atoms with Crippen LogP contribution >= 0.6 is 0 Å². The lowest BCUT2D eigenvalue weighted by molar-refractivity contribution is -0.114. The fraction of sp³-hybridized carbons (Fsp3) is 0.357. The second-order valence-electron chi connectivity index (χ2n) is 5.06. The minimum Gasteiger partial charge on any atom is -0.462 e. The van der Waals surface area contributed by atoms with Crippen molar-refractivity contribution in [1.82, 2.24) is 13.3 Å². The van der Waals surface area contributed by atoms with E-state index in [1.54, 1.807) is 6.92 Å². The Hall–Kier alpha value is -2.46. The van der Waals surface area contributed by atoms with E-state index in [4.69, 9.17) is 4.74 Å². The maximum Gasteiger partial charge on any atom is 0.340 e. The van der Waals surface area contributed by atoms with Gasteiger partial charge < -0.3 is 4.74 Å². The number of carbonyl (C=O) groups excluding carboxylic acids is 2.